The summed E-state index contributed by atoms with van der Waals surface area (Å²) >= 11 is 0. The minimum Gasteiger partial charge on any atom is -0.475 e. The summed E-state index contributed by atoms with van der Waals surface area (Å²) in [5.41, 5.74) is -0.571. The largest absolute Gasteiger partial charge is 0.490 e. The predicted octanol–water partition coefficient (Wildman–Crippen LogP) is 1.03. The van der Waals surface area contributed by atoms with E-state index in [1.54, 1.807) is 7.05 Å². The van der Waals surface area contributed by atoms with Crippen LogP contribution in [0.4, 0.5) is 18.0 Å². The first-order valence-corrected chi connectivity index (χ1v) is 11.6. The smallest absolute Gasteiger partial charge is 0.475 e. The number of alkyl halides is 3. The highest BCUT2D eigenvalue weighted by molar-refractivity contribution is 6.09. The lowest BCUT2D eigenvalue weighted by atomic mass is 9.76. The van der Waals surface area contributed by atoms with Gasteiger partial charge in [-0.2, -0.15) is 13.2 Å². The monoisotopic (exact) mass is 544 g/mol. The summed E-state index contributed by atoms with van der Waals surface area (Å²) in [5, 5.41) is 13.2. The van der Waals surface area contributed by atoms with Crippen molar-refractivity contribution in [1.29, 1.82) is 0 Å². The lowest BCUT2D eigenvalue weighted by molar-refractivity contribution is -0.192. The Labute approximate surface area is 217 Å². The van der Waals surface area contributed by atoms with Gasteiger partial charge in [0.2, 0.25) is 11.8 Å². The van der Waals surface area contributed by atoms with Crippen LogP contribution in [0.25, 0.3) is 0 Å². The van der Waals surface area contributed by atoms with Crippen LogP contribution in [0.2, 0.25) is 0 Å². The lowest BCUT2D eigenvalue weighted by Crippen LogP contribution is -2.59. The van der Waals surface area contributed by atoms with Gasteiger partial charge in [0, 0.05) is 39.1 Å². The van der Waals surface area contributed by atoms with Crippen molar-refractivity contribution >= 4 is 29.8 Å². The number of carbonyl (C=O) groups is 5. The normalized spacial score (nSPS) is 24.4. The Morgan fingerprint density at radius 2 is 1.74 bits per heavy atom. The molecule has 0 unspecified atom stereocenters. The number of amides is 4. The fourth-order valence-electron chi connectivity index (χ4n) is 4.68. The third-order valence-corrected chi connectivity index (χ3v) is 6.33. The van der Waals surface area contributed by atoms with Gasteiger partial charge in [-0.25, -0.2) is 9.59 Å². The number of aliphatic carboxylic acids is 1. The van der Waals surface area contributed by atoms with E-state index in [9.17, 15) is 32.3 Å². The molecule has 0 aliphatic carbocycles. The number of nitrogens with zero attached hydrogens (tertiary/aromatic N) is 2. The quantitative estimate of drug-likeness (QED) is 0.356. The molecule has 2 fully saturated rings. The van der Waals surface area contributed by atoms with Gasteiger partial charge >= 0.3 is 24.1 Å². The molecule has 1 aromatic rings. The summed E-state index contributed by atoms with van der Waals surface area (Å²) in [4.78, 5) is 63.0. The number of carbonyl (C=O) groups excluding carboxylic acids is 4. The number of ether oxygens (including phenoxy) is 1. The number of benzene rings is 1. The average molecular weight is 545 g/mol. The van der Waals surface area contributed by atoms with Gasteiger partial charge in [0.25, 0.3) is 0 Å². The molecule has 11 nitrogen and oxygen atoms in total. The van der Waals surface area contributed by atoms with Crippen LogP contribution in [0.5, 0.6) is 0 Å². The van der Waals surface area contributed by atoms with E-state index < -0.39 is 47.4 Å². The van der Waals surface area contributed by atoms with E-state index in [1.807, 2.05) is 44.2 Å². The van der Waals surface area contributed by atoms with Gasteiger partial charge in [-0.3, -0.25) is 24.6 Å². The zero-order chi connectivity index (χ0) is 29.0. The van der Waals surface area contributed by atoms with Crippen molar-refractivity contribution in [1.82, 2.24) is 20.4 Å². The van der Waals surface area contributed by atoms with Crippen molar-refractivity contribution < 1.29 is 47.0 Å². The van der Waals surface area contributed by atoms with E-state index in [2.05, 4.69) is 10.6 Å². The number of carboxylic acid groups (broad SMARTS) is 1. The Bertz CT molecular complexity index is 1070. The zero-order valence-electron chi connectivity index (χ0n) is 21.5. The Balaban J connectivity index is 0.000000638. The Kier molecular flexibility index (Phi) is 9.48. The number of hydrogen-bond donors (Lipinski definition) is 3. The molecule has 2 aliphatic heterocycles. The second kappa shape index (κ2) is 11.8. The summed E-state index contributed by atoms with van der Waals surface area (Å²) < 4.78 is 36.8. The second-order valence-corrected chi connectivity index (χ2v) is 9.40. The molecule has 2 aliphatic rings. The van der Waals surface area contributed by atoms with E-state index in [4.69, 9.17) is 14.6 Å². The highest BCUT2D eigenvalue weighted by Gasteiger charge is 2.68. The van der Waals surface area contributed by atoms with Crippen LogP contribution in [0, 0.1) is 11.8 Å². The van der Waals surface area contributed by atoms with Crippen LogP contribution < -0.4 is 10.6 Å². The Hall–Kier alpha value is -3.68. The molecule has 0 aromatic heterocycles. The molecular weight excluding hydrogens is 513 g/mol. The first-order chi connectivity index (χ1) is 17.6. The van der Waals surface area contributed by atoms with Gasteiger partial charge < -0.3 is 20.1 Å². The van der Waals surface area contributed by atoms with Crippen LogP contribution in [0.3, 0.4) is 0 Å². The third-order valence-electron chi connectivity index (χ3n) is 6.33. The zero-order valence-corrected chi connectivity index (χ0v) is 21.5. The highest BCUT2D eigenvalue weighted by atomic mass is 19.4. The van der Waals surface area contributed by atoms with E-state index >= 15 is 0 Å². The molecule has 210 valence electrons. The van der Waals surface area contributed by atoms with Gasteiger partial charge in [0.1, 0.15) is 5.54 Å². The number of esters is 1. The number of likely N-dealkylation sites (N-methyl/N-ethyl adjacent to an activating group) is 1. The fourth-order valence-corrected chi connectivity index (χ4v) is 4.68. The standard InChI is InChI=1S/C22H30N4O5.C2HF3O2/c1-13(2)23-21(30)25(3)12-15-16-17(19(28)26(4)18(16)27)22(24-15,20(29)31-5)11-14-9-7-6-8-10-14;3-2(4,5)1(6)7/h6-10,13,15-17,24H,11-12H2,1-5H3,(H,23,30);(H,6,7)/t15-,16+,17-,22-;/m1./s1. The molecule has 38 heavy (non-hydrogen) atoms. The SMILES string of the molecule is COC(=O)[C@]1(Cc2ccccc2)N[C@H](CN(C)C(=O)NC(C)C)[C@@H]2C(=O)N(C)C(=O)[C@@H]21.O=C(O)C(F)(F)F. The molecule has 2 heterocycles. The van der Waals surface area contributed by atoms with Gasteiger partial charge in [-0.1, -0.05) is 30.3 Å². The number of halogens is 3. The molecule has 0 radical (unpaired) electrons. The molecule has 3 rings (SSSR count). The minimum absolute atomic E-state index is 0.0488. The van der Waals surface area contributed by atoms with E-state index in [-0.39, 0.29) is 30.9 Å². The first-order valence-electron chi connectivity index (χ1n) is 11.6. The van der Waals surface area contributed by atoms with Gasteiger partial charge in [-0.05, 0) is 19.4 Å². The summed E-state index contributed by atoms with van der Waals surface area (Å²) in [6, 6.07) is 8.36. The Morgan fingerprint density at radius 3 is 2.21 bits per heavy atom. The number of urea groups is 1. The molecule has 0 spiro atoms. The minimum atomic E-state index is -5.08. The maximum absolute atomic E-state index is 13.1. The van der Waals surface area contributed by atoms with Crippen molar-refractivity contribution in [3.63, 3.8) is 0 Å². The van der Waals surface area contributed by atoms with Gasteiger partial charge in [0.05, 0.1) is 18.9 Å². The summed E-state index contributed by atoms with van der Waals surface area (Å²) in [7, 11) is 4.32. The van der Waals surface area contributed by atoms with E-state index in [0.717, 1.165) is 10.5 Å². The second-order valence-electron chi connectivity index (χ2n) is 9.40. The Morgan fingerprint density at radius 1 is 1.18 bits per heavy atom. The van der Waals surface area contributed by atoms with Crippen molar-refractivity contribution in [2.45, 2.75) is 44.1 Å². The van der Waals surface area contributed by atoms with Gasteiger partial charge in [-0.15, -0.1) is 0 Å². The van der Waals surface area contributed by atoms with Crippen LogP contribution in [0.15, 0.2) is 30.3 Å². The predicted molar refractivity (Wildman–Crippen MR) is 127 cm³/mol. The van der Waals surface area contributed by atoms with E-state index in [0.29, 0.717) is 0 Å². The van der Waals surface area contributed by atoms with Crippen LogP contribution in [0.1, 0.15) is 19.4 Å². The van der Waals surface area contributed by atoms with Crippen molar-refractivity contribution in [2.75, 3.05) is 27.7 Å². The molecule has 4 atom stereocenters. The topological polar surface area (TPSA) is 145 Å². The van der Waals surface area contributed by atoms with Crippen molar-refractivity contribution in [3.8, 4) is 0 Å². The molecule has 3 N–H and O–H groups in total. The fraction of sp³-hybridized carbons (Fsp3) is 0.542. The first kappa shape index (κ1) is 30.5. The molecule has 0 bridgehead atoms. The number of carboxylic acids is 1. The van der Waals surface area contributed by atoms with Crippen LogP contribution >= 0.6 is 0 Å². The number of fused-ring (bicyclic) bond motifs is 1. The number of hydrogen-bond acceptors (Lipinski definition) is 7. The maximum atomic E-state index is 13.1. The number of likely N-dealkylation sites (tertiary alicyclic amines) is 1. The number of rotatable bonds is 6. The molecule has 14 heteroatoms. The van der Waals surface area contributed by atoms with Gasteiger partial charge in [0.15, 0.2) is 0 Å². The number of methoxy groups -OCH3 is 1. The van der Waals surface area contributed by atoms with Crippen LogP contribution in [-0.2, 0) is 30.3 Å². The molecule has 1 aromatic carbocycles. The van der Waals surface area contributed by atoms with Crippen molar-refractivity contribution in [2.24, 2.45) is 11.8 Å². The van der Waals surface area contributed by atoms with Crippen molar-refractivity contribution in [3.05, 3.63) is 35.9 Å². The summed E-state index contributed by atoms with van der Waals surface area (Å²) in [5.74, 6) is -5.81. The molecule has 2 saturated heterocycles. The molecular formula is C24H31F3N4O7. The lowest BCUT2D eigenvalue weighted by Gasteiger charge is -2.33. The summed E-state index contributed by atoms with van der Waals surface area (Å²) in [6.45, 7) is 3.86. The average Bonchev–Trinajstić information content (AvgIpc) is 3.27. The number of nitrogens with one attached hydrogen (secondary N) is 2. The maximum Gasteiger partial charge on any atom is 0.490 e. The summed E-state index contributed by atoms with van der Waals surface area (Å²) in [6.07, 6.45) is -4.90. The van der Waals surface area contributed by atoms with E-state index in [1.165, 1.54) is 19.1 Å². The van der Waals surface area contributed by atoms with Crippen LogP contribution in [-0.4, -0.2) is 96.2 Å². The number of imide groups is 1. The molecule has 0 saturated carbocycles. The highest BCUT2D eigenvalue weighted by Crippen LogP contribution is 2.44. The molecule has 4 amide bonds. The third kappa shape index (κ3) is 6.41.